The lowest BCUT2D eigenvalue weighted by molar-refractivity contribution is 0.239. The summed E-state index contributed by atoms with van der Waals surface area (Å²) in [5.74, 6) is 0.604. The lowest BCUT2D eigenvalue weighted by Crippen LogP contribution is -2.25. The maximum atomic E-state index is 10.8. The molecule has 3 heterocycles. The van der Waals surface area contributed by atoms with Gasteiger partial charge >= 0.3 is 0 Å². The van der Waals surface area contributed by atoms with Crippen LogP contribution in [0, 0.1) is 11.3 Å². The predicted octanol–water partition coefficient (Wildman–Crippen LogP) is 4.26. The van der Waals surface area contributed by atoms with Gasteiger partial charge < -0.3 is 9.67 Å². The van der Waals surface area contributed by atoms with Crippen LogP contribution < -0.4 is 0 Å². The first-order chi connectivity index (χ1) is 12.7. The molecular formula is C20H20N4OS. The molecule has 1 aliphatic heterocycles. The second-order valence-electron chi connectivity index (χ2n) is 6.56. The zero-order valence-corrected chi connectivity index (χ0v) is 15.4. The molecule has 6 heteroatoms. The van der Waals surface area contributed by atoms with Crippen molar-refractivity contribution in [1.82, 2.24) is 14.5 Å². The number of imidazole rings is 1. The Morgan fingerprint density at radius 2 is 2.19 bits per heavy atom. The number of aromatic nitrogens is 2. The van der Waals surface area contributed by atoms with Gasteiger partial charge in [-0.3, -0.25) is 4.90 Å². The van der Waals surface area contributed by atoms with Crippen molar-refractivity contribution >= 4 is 27.9 Å². The number of likely N-dealkylation sites (tertiary alicyclic amines) is 1. The summed E-state index contributed by atoms with van der Waals surface area (Å²) in [6.07, 6.45) is 2.19. The number of hydrogen-bond acceptors (Lipinski definition) is 5. The van der Waals surface area contributed by atoms with Crippen LogP contribution in [0.15, 0.2) is 47.5 Å². The number of rotatable bonds is 4. The molecule has 0 saturated carbocycles. The van der Waals surface area contributed by atoms with E-state index in [2.05, 4.69) is 33.5 Å². The summed E-state index contributed by atoms with van der Waals surface area (Å²) < 4.78 is 1.87. The Morgan fingerprint density at radius 3 is 2.92 bits per heavy atom. The summed E-state index contributed by atoms with van der Waals surface area (Å²) in [7, 11) is 1.87. The second-order valence-corrected chi connectivity index (χ2v) is 7.54. The van der Waals surface area contributed by atoms with Gasteiger partial charge in [0.1, 0.15) is 17.4 Å². The van der Waals surface area contributed by atoms with Crippen LogP contribution in [0.2, 0.25) is 0 Å². The van der Waals surface area contributed by atoms with Crippen molar-refractivity contribution in [3.8, 4) is 6.07 Å². The van der Waals surface area contributed by atoms with Crippen LogP contribution in [0.1, 0.15) is 29.6 Å². The second kappa shape index (κ2) is 6.94. The van der Waals surface area contributed by atoms with Crippen LogP contribution in [-0.4, -0.2) is 32.6 Å². The van der Waals surface area contributed by atoms with Gasteiger partial charge in [-0.2, -0.15) is 5.26 Å². The van der Waals surface area contributed by atoms with E-state index in [1.165, 1.54) is 4.88 Å². The van der Waals surface area contributed by atoms with Crippen molar-refractivity contribution in [2.24, 2.45) is 7.05 Å². The van der Waals surface area contributed by atoms with Gasteiger partial charge in [0.15, 0.2) is 5.82 Å². The average molecular weight is 364 g/mol. The molecule has 0 amide bonds. The van der Waals surface area contributed by atoms with E-state index in [1.54, 1.807) is 11.3 Å². The smallest absolute Gasteiger partial charge is 0.155 e. The third-order valence-electron chi connectivity index (χ3n) is 5.00. The van der Waals surface area contributed by atoms with Gasteiger partial charge in [-0.1, -0.05) is 18.2 Å². The Labute approximate surface area is 156 Å². The van der Waals surface area contributed by atoms with E-state index in [0.717, 1.165) is 30.4 Å². The van der Waals surface area contributed by atoms with Gasteiger partial charge in [0, 0.05) is 18.0 Å². The fraction of sp³-hybridized carbons (Fsp3) is 0.300. The highest BCUT2D eigenvalue weighted by atomic mass is 32.1. The first kappa shape index (κ1) is 16.8. The number of aryl methyl sites for hydroxylation is 1. The SMILES string of the molecule is Cn1c(/C(C#N)=C(/O)CN2CCCC2c2cccs2)nc2ccccc21. The summed E-state index contributed by atoms with van der Waals surface area (Å²) >= 11 is 1.75. The number of fused-ring (bicyclic) bond motifs is 1. The van der Waals surface area contributed by atoms with Crippen LogP contribution in [0.5, 0.6) is 0 Å². The number of aliphatic hydroxyl groups is 1. The molecule has 1 fully saturated rings. The molecule has 4 rings (SSSR count). The van der Waals surface area contributed by atoms with E-state index in [-0.39, 0.29) is 11.3 Å². The summed E-state index contributed by atoms with van der Waals surface area (Å²) in [6.45, 7) is 1.29. The number of nitriles is 1. The van der Waals surface area contributed by atoms with Gasteiger partial charge in [-0.15, -0.1) is 11.3 Å². The molecule has 1 aliphatic rings. The number of aliphatic hydroxyl groups excluding tert-OH is 1. The Kier molecular flexibility index (Phi) is 4.49. The average Bonchev–Trinajstić information content (AvgIpc) is 3.37. The van der Waals surface area contributed by atoms with Crippen LogP contribution in [0.3, 0.4) is 0 Å². The molecule has 1 N–H and O–H groups in total. The molecule has 5 nitrogen and oxygen atoms in total. The predicted molar refractivity (Wildman–Crippen MR) is 104 cm³/mol. The molecule has 0 spiro atoms. The Morgan fingerprint density at radius 1 is 1.35 bits per heavy atom. The maximum absolute atomic E-state index is 10.8. The summed E-state index contributed by atoms with van der Waals surface area (Å²) in [4.78, 5) is 8.12. The molecule has 1 saturated heterocycles. The van der Waals surface area contributed by atoms with Crippen molar-refractivity contribution in [3.05, 3.63) is 58.2 Å². The number of hydrogen-bond donors (Lipinski definition) is 1. The van der Waals surface area contributed by atoms with E-state index >= 15 is 0 Å². The molecule has 1 aromatic carbocycles. The first-order valence-electron chi connectivity index (χ1n) is 8.70. The normalized spacial score (nSPS) is 18.8. The van der Waals surface area contributed by atoms with Crippen molar-refractivity contribution in [1.29, 1.82) is 5.26 Å². The fourth-order valence-electron chi connectivity index (χ4n) is 3.70. The largest absolute Gasteiger partial charge is 0.509 e. The Bertz CT molecular complexity index is 997. The standard InChI is InChI=1S/C20H20N4OS/c1-23-16-7-3-2-6-15(16)22-20(23)14(12-21)18(25)13-24-10-4-8-17(24)19-9-5-11-26-19/h2-3,5-7,9,11,17,25H,4,8,10,13H2,1H3/b18-14+. The zero-order chi connectivity index (χ0) is 18.1. The third-order valence-corrected chi connectivity index (χ3v) is 5.97. The van der Waals surface area contributed by atoms with Gasteiger partial charge in [-0.05, 0) is 43.0 Å². The third kappa shape index (κ3) is 2.90. The molecule has 0 aliphatic carbocycles. The molecule has 1 unspecified atom stereocenters. The topological polar surface area (TPSA) is 65.1 Å². The number of allylic oxidation sites excluding steroid dienone is 1. The highest BCUT2D eigenvalue weighted by Crippen LogP contribution is 2.35. The minimum atomic E-state index is 0.0920. The number of thiophene rings is 1. The minimum Gasteiger partial charge on any atom is -0.509 e. The van der Waals surface area contributed by atoms with Crippen molar-refractivity contribution < 1.29 is 5.11 Å². The van der Waals surface area contributed by atoms with E-state index in [4.69, 9.17) is 0 Å². The van der Waals surface area contributed by atoms with Crippen molar-refractivity contribution in [2.75, 3.05) is 13.1 Å². The van der Waals surface area contributed by atoms with Crippen LogP contribution >= 0.6 is 11.3 Å². The lowest BCUT2D eigenvalue weighted by atomic mass is 10.1. The van der Waals surface area contributed by atoms with E-state index < -0.39 is 0 Å². The Hall–Kier alpha value is -2.62. The molecule has 3 aromatic rings. The van der Waals surface area contributed by atoms with Crippen molar-refractivity contribution in [3.63, 3.8) is 0 Å². The van der Waals surface area contributed by atoms with Crippen LogP contribution in [0.25, 0.3) is 16.6 Å². The molecule has 26 heavy (non-hydrogen) atoms. The fourth-order valence-corrected chi connectivity index (χ4v) is 4.60. The van der Waals surface area contributed by atoms with Crippen LogP contribution in [0.4, 0.5) is 0 Å². The number of nitrogens with zero attached hydrogens (tertiary/aromatic N) is 4. The monoisotopic (exact) mass is 364 g/mol. The van der Waals surface area contributed by atoms with E-state index in [9.17, 15) is 10.4 Å². The molecule has 2 aromatic heterocycles. The molecule has 132 valence electrons. The number of para-hydroxylation sites is 2. The molecule has 0 bridgehead atoms. The molecular weight excluding hydrogens is 344 g/mol. The van der Waals surface area contributed by atoms with Crippen LogP contribution in [-0.2, 0) is 7.05 Å². The van der Waals surface area contributed by atoms with E-state index in [0.29, 0.717) is 18.4 Å². The highest BCUT2D eigenvalue weighted by molar-refractivity contribution is 7.10. The summed E-state index contributed by atoms with van der Waals surface area (Å²) in [5, 5.41) is 22.5. The van der Waals surface area contributed by atoms with Gasteiger partial charge in [0.2, 0.25) is 0 Å². The van der Waals surface area contributed by atoms with Gasteiger partial charge in [0.05, 0.1) is 17.6 Å². The van der Waals surface area contributed by atoms with E-state index in [1.807, 2.05) is 35.9 Å². The van der Waals surface area contributed by atoms with Gasteiger partial charge in [0.25, 0.3) is 0 Å². The maximum Gasteiger partial charge on any atom is 0.155 e. The Balaban J connectivity index is 1.67. The summed E-state index contributed by atoms with van der Waals surface area (Å²) in [5.41, 5.74) is 2.02. The lowest BCUT2D eigenvalue weighted by Gasteiger charge is -2.23. The summed E-state index contributed by atoms with van der Waals surface area (Å²) in [6, 6.07) is 14.4. The zero-order valence-electron chi connectivity index (χ0n) is 14.6. The molecule has 1 atom stereocenters. The minimum absolute atomic E-state index is 0.0920. The quantitative estimate of drug-likeness (QED) is 0.555. The van der Waals surface area contributed by atoms with Crippen molar-refractivity contribution in [2.45, 2.75) is 18.9 Å². The number of benzene rings is 1. The highest BCUT2D eigenvalue weighted by Gasteiger charge is 2.28. The molecule has 0 radical (unpaired) electrons. The first-order valence-corrected chi connectivity index (χ1v) is 9.58. The van der Waals surface area contributed by atoms with Gasteiger partial charge in [-0.25, -0.2) is 4.98 Å².